The minimum atomic E-state index is -4.44. The molecule has 1 aliphatic carbocycles. The predicted molar refractivity (Wildman–Crippen MR) is 67.5 cm³/mol. The smallest absolute Gasteiger partial charge is 0.405 e. The molecule has 0 amide bonds. The van der Waals surface area contributed by atoms with Crippen LogP contribution in [0, 0.1) is 0 Å². The standard InChI is InChI=1S/C15H13F3O/c1-19-13-9-5-6-10-14(11-13,15(16,17)18)12-7-3-2-4-8-12/h2-11H,1H3. The van der Waals surface area contributed by atoms with Crippen LogP contribution in [0.1, 0.15) is 5.56 Å². The summed E-state index contributed by atoms with van der Waals surface area (Å²) in [6.07, 6.45) is 2.23. The first-order chi connectivity index (χ1) is 8.99. The Morgan fingerprint density at radius 2 is 1.74 bits per heavy atom. The molecule has 1 aliphatic rings. The molecule has 0 fully saturated rings. The highest BCUT2D eigenvalue weighted by Crippen LogP contribution is 2.45. The molecule has 1 nitrogen and oxygen atoms in total. The van der Waals surface area contributed by atoms with Crippen LogP contribution in [0.3, 0.4) is 0 Å². The number of benzene rings is 1. The minimum Gasteiger partial charge on any atom is -0.497 e. The third-order valence-corrected chi connectivity index (χ3v) is 3.06. The Morgan fingerprint density at radius 3 is 2.32 bits per heavy atom. The molecule has 0 bridgehead atoms. The fourth-order valence-corrected chi connectivity index (χ4v) is 2.04. The molecule has 0 aromatic heterocycles. The van der Waals surface area contributed by atoms with Crippen molar-refractivity contribution < 1.29 is 17.9 Å². The summed E-state index contributed by atoms with van der Waals surface area (Å²) >= 11 is 0. The minimum absolute atomic E-state index is 0.164. The summed E-state index contributed by atoms with van der Waals surface area (Å²) in [4.78, 5) is 0. The maximum atomic E-state index is 13.6. The molecule has 1 unspecified atom stereocenters. The molecule has 0 aliphatic heterocycles. The lowest BCUT2D eigenvalue weighted by molar-refractivity contribution is -0.162. The van der Waals surface area contributed by atoms with Gasteiger partial charge in [-0.25, -0.2) is 0 Å². The van der Waals surface area contributed by atoms with Crippen LogP contribution in [0.15, 0.2) is 66.5 Å². The Kier molecular flexibility index (Phi) is 3.51. The summed E-state index contributed by atoms with van der Waals surface area (Å²) in [5, 5.41) is 0. The Morgan fingerprint density at radius 1 is 1.05 bits per heavy atom. The van der Waals surface area contributed by atoms with E-state index >= 15 is 0 Å². The molecule has 1 atom stereocenters. The Bertz CT molecular complexity index is 526. The zero-order valence-corrected chi connectivity index (χ0v) is 10.3. The van der Waals surface area contributed by atoms with Gasteiger partial charge in [-0.2, -0.15) is 13.2 Å². The summed E-state index contributed by atoms with van der Waals surface area (Å²) in [6, 6.07) is 7.80. The lowest BCUT2D eigenvalue weighted by atomic mass is 9.79. The van der Waals surface area contributed by atoms with E-state index < -0.39 is 11.6 Å². The number of methoxy groups -OCH3 is 1. The molecule has 0 saturated heterocycles. The van der Waals surface area contributed by atoms with Crippen molar-refractivity contribution in [3.8, 4) is 0 Å². The maximum Gasteiger partial charge on any atom is 0.405 e. The number of halogens is 3. The van der Waals surface area contributed by atoms with Crippen LogP contribution in [0.4, 0.5) is 13.2 Å². The summed E-state index contributed by atoms with van der Waals surface area (Å²) in [5.41, 5.74) is -2.00. The van der Waals surface area contributed by atoms with Gasteiger partial charge in [-0.15, -0.1) is 0 Å². The van der Waals surface area contributed by atoms with E-state index in [9.17, 15) is 13.2 Å². The third-order valence-electron chi connectivity index (χ3n) is 3.06. The van der Waals surface area contributed by atoms with Gasteiger partial charge in [-0.3, -0.25) is 0 Å². The Balaban J connectivity index is 2.66. The first-order valence-corrected chi connectivity index (χ1v) is 5.74. The van der Waals surface area contributed by atoms with E-state index in [2.05, 4.69) is 0 Å². The molecule has 0 saturated carbocycles. The summed E-state index contributed by atoms with van der Waals surface area (Å²) in [7, 11) is 1.35. The van der Waals surface area contributed by atoms with Crippen molar-refractivity contribution in [2.24, 2.45) is 0 Å². The molecule has 19 heavy (non-hydrogen) atoms. The fraction of sp³-hybridized carbons (Fsp3) is 0.200. The molecule has 1 aromatic rings. The summed E-state index contributed by atoms with van der Waals surface area (Å²) in [6.45, 7) is 0. The van der Waals surface area contributed by atoms with E-state index in [1.165, 1.54) is 37.5 Å². The average Bonchev–Trinajstić information content (AvgIpc) is 2.62. The van der Waals surface area contributed by atoms with E-state index in [-0.39, 0.29) is 11.3 Å². The van der Waals surface area contributed by atoms with Crippen LogP contribution >= 0.6 is 0 Å². The average molecular weight is 266 g/mol. The number of rotatable bonds is 2. The van der Waals surface area contributed by atoms with Crippen molar-refractivity contribution in [1.29, 1.82) is 0 Å². The first kappa shape index (κ1) is 13.5. The SMILES string of the molecule is COC1=CC(c2ccccc2)(C(F)(F)F)C=CC=C1. The molecule has 0 heterocycles. The van der Waals surface area contributed by atoms with Crippen LogP contribution < -0.4 is 0 Å². The lowest BCUT2D eigenvalue weighted by Gasteiger charge is -2.30. The molecule has 0 N–H and O–H groups in total. The number of alkyl halides is 3. The van der Waals surface area contributed by atoms with Crippen molar-refractivity contribution in [3.63, 3.8) is 0 Å². The number of hydrogen-bond acceptors (Lipinski definition) is 1. The third kappa shape index (κ3) is 2.43. The van der Waals surface area contributed by atoms with Gasteiger partial charge < -0.3 is 4.74 Å². The van der Waals surface area contributed by atoms with E-state index in [0.29, 0.717) is 0 Å². The molecule has 100 valence electrons. The summed E-state index contributed by atoms with van der Waals surface area (Å²) < 4.78 is 45.8. The van der Waals surface area contributed by atoms with E-state index in [1.807, 2.05) is 0 Å². The van der Waals surface area contributed by atoms with Gasteiger partial charge in [0.25, 0.3) is 0 Å². The zero-order valence-electron chi connectivity index (χ0n) is 10.3. The quantitative estimate of drug-likeness (QED) is 0.781. The zero-order chi connectivity index (χ0) is 13.9. The number of allylic oxidation sites excluding steroid dienone is 5. The van der Waals surface area contributed by atoms with Crippen LogP contribution in [0.25, 0.3) is 0 Å². The molecular formula is C15H13F3O. The molecule has 4 heteroatoms. The fourth-order valence-electron chi connectivity index (χ4n) is 2.04. The van der Waals surface area contributed by atoms with E-state index in [4.69, 9.17) is 4.74 Å². The second kappa shape index (κ2) is 4.96. The monoisotopic (exact) mass is 266 g/mol. The van der Waals surface area contributed by atoms with Crippen LogP contribution in [0.5, 0.6) is 0 Å². The predicted octanol–water partition coefficient (Wildman–Crippen LogP) is 4.14. The van der Waals surface area contributed by atoms with E-state index in [0.717, 1.165) is 12.2 Å². The highest BCUT2D eigenvalue weighted by Gasteiger charge is 2.53. The van der Waals surface area contributed by atoms with Gasteiger partial charge >= 0.3 is 6.18 Å². The van der Waals surface area contributed by atoms with Crippen molar-refractivity contribution in [1.82, 2.24) is 0 Å². The van der Waals surface area contributed by atoms with Gasteiger partial charge in [0.15, 0.2) is 0 Å². The molecule has 2 rings (SSSR count). The lowest BCUT2D eigenvalue weighted by Crippen LogP contribution is -2.39. The van der Waals surface area contributed by atoms with Crippen molar-refractivity contribution in [2.75, 3.05) is 7.11 Å². The molecule has 1 aromatic carbocycles. The number of ether oxygens (including phenoxy) is 1. The molecular weight excluding hydrogens is 253 g/mol. The van der Waals surface area contributed by atoms with Gasteiger partial charge in [-0.05, 0) is 17.7 Å². The normalized spacial score (nSPS) is 22.8. The second-order valence-electron chi connectivity index (χ2n) is 4.20. The van der Waals surface area contributed by atoms with Crippen molar-refractivity contribution in [2.45, 2.75) is 11.6 Å². The van der Waals surface area contributed by atoms with Gasteiger partial charge in [0.1, 0.15) is 11.2 Å². The van der Waals surface area contributed by atoms with Crippen molar-refractivity contribution in [3.05, 3.63) is 72.0 Å². The van der Waals surface area contributed by atoms with Crippen LogP contribution in [-0.4, -0.2) is 13.3 Å². The van der Waals surface area contributed by atoms with Crippen LogP contribution in [-0.2, 0) is 10.2 Å². The molecule has 0 radical (unpaired) electrons. The Labute approximate surface area is 109 Å². The van der Waals surface area contributed by atoms with Gasteiger partial charge in [0.2, 0.25) is 0 Å². The number of hydrogen-bond donors (Lipinski definition) is 0. The van der Waals surface area contributed by atoms with Gasteiger partial charge in [-0.1, -0.05) is 48.6 Å². The summed E-state index contributed by atoms with van der Waals surface area (Å²) in [5.74, 6) is 0.186. The topological polar surface area (TPSA) is 9.23 Å². The maximum absolute atomic E-state index is 13.6. The largest absolute Gasteiger partial charge is 0.497 e. The molecule has 0 spiro atoms. The second-order valence-corrected chi connectivity index (χ2v) is 4.20. The van der Waals surface area contributed by atoms with E-state index in [1.54, 1.807) is 18.2 Å². The van der Waals surface area contributed by atoms with Crippen LogP contribution in [0.2, 0.25) is 0 Å². The van der Waals surface area contributed by atoms with Gasteiger partial charge in [0.05, 0.1) is 7.11 Å². The highest BCUT2D eigenvalue weighted by molar-refractivity contribution is 5.44. The Hall–Kier alpha value is -1.97. The first-order valence-electron chi connectivity index (χ1n) is 5.74. The highest BCUT2D eigenvalue weighted by atomic mass is 19.4. The van der Waals surface area contributed by atoms with Gasteiger partial charge in [0, 0.05) is 0 Å². The van der Waals surface area contributed by atoms with Crippen molar-refractivity contribution >= 4 is 0 Å².